The van der Waals surface area contributed by atoms with E-state index in [-0.39, 0.29) is 5.75 Å². The Balaban J connectivity index is 1.54. The van der Waals surface area contributed by atoms with E-state index >= 15 is 0 Å². The van der Waals surface area contributed by atoms with Crippen LogP contribution in [0.5, 0.6) is 5.75 Å². The molecule has 1 unspecified atom stereocenters. The molecule has 0 bridgehead atoms. The third kappa shape index (κ3) is 2.97. The van der Waals surface area contributed by atoms with Gasteiger partial charge in [-0.15, -0.1) is 11.3 Å². The molecule has 24 heavy (non-hydrogen) atoms. The van der Waals surface area contributed by atoms with E-state index < -0.39 is 11.6 Å². The van der Waals surface area contributed by atoms with E-state index in [4.69, 9.17) is 4.74 Å². The van der Waals surface area contributed by atoms with Crippen LogP contribution < -0.4 is 4.74 Å². The molecule has 128 valence electrons. The molecule has 0 N–H and O–H groups in total. The summed E-state index contributed by atoms with van der Waals surface area (Å²) in [6.45, 7) is 2.71. The second-order valence-corrected chi connectivity index (χ2v) is 8.41. The highest BCUT2D eigenvalue weighted by Gasteiger charge is 2.24. The molecule has 0 saturated heterocycles. The molecule has 0 spiro atoms. The summed E-state index contributed by atoms with van der Waals surface area (Å²) in [5.41, 5.74) is 1.65. The minimum absolute atomic E-state index is 0.0425. The van der Waals surface area contributed by atoms with Crippen LogP contribution in [0.25, 0.3) is 10.4 Å². The van der Waals surface area contributed by atoms with Crippen LogP contribution in [0.1, 0.15) is 43.0 Å². The SMILES string of the molecule is CC1Cc2cc(-c3ccc(OCC4CCCC4)c(F)c3F)sc2C1. The molecule has 1 saturated carbocycles. The maximum atomic E-state index is 14.5. The Hall–Kier alpha value is -1.42. The summed E-state index contributed by atoms with van der Waals surface area (Å²) in [6.07, 6.45) is 6.77. The monoisotopic (exact) mass is 348 g/mol. The molecular formula is C20H22F2OS. The average Bonchev–Trinajstić information content (AvgIpc) is 3.25. The third-order valence-electron chi connectivity index (χ3n) is 5.26. The van der Waals surface area contributed by atoms with E-state index in [9.17, 15) is 8.78 Å². The number of fused-ring (bicyclic) bond motifs is 1. The number of rotatable bonds is 4. The zero-order valence-corrected chi connectivity index (χ0v) is 14.7. The molecule has 1 atom stereocenters. The van der Waals surface area contributed by atoms with Crippen LogP contribution in [-0.2, 0) is 12.8 Å². The van der Waals surface area contributed by atoms with Gasteiger partial charge in [0.1, 0.15) is 0 Å². The molecule has 1 nitrogen and oxygen atoms in total. The predicted molar refractivity (Wildman–Crippen MR) is 93.7 cm³/mol. The molecule has 0 radical (unpaired) electrons. The fourth-order valence-corrected chi connectivity index (χ4v) is 5.30. The van der Waals surface area contributed by atoms with Crippen LogP contribution >= 0.6 is 11.3 Å². The fraction of sp³-hybridized carbons (Fsp3) is 0.500. The Morgan fingerprint density at radius 1 is 1.12 bits per heavy atom. The summed E-state index contributed by atoms with van der Waals surface area (Å²) >= 11 is 1.59. The van der Waals surface area contributed by atoms with Crippen LogP contribution in [0.15, 0.2) is 18.2 Å². The van der Waals surface area contributed by atoms with E-state index in [1.54, 1.807) is 23.5 Å². The average molecular weight is 348 g/mol. The van der Waals surface area contributed by atoms with Gasteiger partial charge in [-0.3, -0.25) is 0 Å². The molecule has 0 aliphatic heterocycles. The summed E-state index contributed by atoms with van der Waals surface area (Å²) in [5, 5.41) is 0. The van der Waals surface area contributed by atoms with Gasteiger partial charge in [0.25, 0.3) is 0 Å². The second kappa shape index (κ2) is 6.47. The highest BCUT2D eigenvalue weighted by Crippen LogP contribution is 2.40. The number of thiophene rings is 1. The molecule has 4 rings (SSSR count). The summed E-state index contributed by atoms with van der Waals surface area (Å²) in [5.74, 6) is -0.456. The number of hydrogen-bond donors (Lipinski definition) is 0. The van der Waals surface area contributed by atoms with Crippen molar-refractivity contribution in [3.05, 3.63) is 40.3 Å². The number of benzene rings is 1. The van der Waals surface area contributed by atoms with Crippen molar-refractivity contribution in [3.63, 3.8) is 0 Å². The van der Waals surface area contributed by atoms with Gasteiger partial charge in [0.15, 0.2) is 11.6 Å². The van der Waals surface area contributed by atoms with Gasteiger partial charge < -0.3 is 4.74 Å². The molecule has 1 aromatic carbocycles. The molecule has 2 aliphatic carbocycles. The summed E-state index contributed by atoms with van der Waals surface area (Å²) in [6, 6.07) is 5.27. The van der Waals surface area contributed by atoms with Crippen molar-refractivity contribution in [2.45, 2.75) is 45.4 Å². The van der Waals surface area contributed by atoms with Gasteiger partial charge in [0, 0.05) is 15.3 Å². The maximum absolute atomic E-state index is 14.5. The first-order valence-electron chi connectivity index (χ1n) is 8.84. The minimum Gasteiger partial charge on any atom is -0.490 e. The highest BCUT2D eigenvalue weighted by molar-refractivity contribution is 7.15. The van der Waals surface area contributed by atoms with Crippen molar-refractivity contribution in [2.24, 2.45) is 11.8 Å². The number of ether oxygens (including phenoxy) is 1. The Bertz CT molecular complexity index is 723. The van der Waals surface area contributed by atoms with Crippen LogP contribution in [0, 0.1) is 23.5 Å². The first-order chi connectivity index (χ1) is 11.6. The lowest BCUT2D eigenvalue weighted by atomic mass is 10.1. The third-order valence-corrected chi connectivity index (χ3v) is 6.49. The standard InChI is InChI=1S/C20H22F2OS/c1-12-8-14-10-18(24-17(14)9-12)15-6-7-16(20(22)19(15)21)23-11-13-4-2-3-5-13/h6-7,10,12-13H,2-5,8-9,11H2,1H3. The van der Waals surface area contributed by atoms with Crippen LogP contribution in [0.4, 0.5) is 8.78 Å². The van der Waals surface area contributed by atoms with Gasteiger partial charge in [-0.1, -0.05) is 19.8 Å². The quantitative estimate of drug-likeness (QED) is 0.659. The van der Waals surface area contributed by atoms with E-state index in [1.807, 2.05) is 6.07 Å². The second-order valence-electron chi connectivity index (χ2n) is 7.27. The van der Waals surface area contributed by atoms with E-state index in [0.717, 1.165) is 30.6 Å². The van der Waals surface area contributed by atoms with Gasteiger partial charge >= 0.3 is 0 Å². The largest absolute Gasteiger partial charge is 0.490 e. The Morgan fingerprint density at radius 3 is 2.67 bits per heavy atom. The van der Waals surface area contributed by atoms with Crippen molar-refractivity contribution < 1.29 is 13.5 Å². The van der Waals surface area contributed by atoms with Crippen molar-refractivity contribution >= 4 is 11.3 Å². The summed E-state index contributed by atoms with van der Waals surface area (Å²) in [4.78, 5) is 2.14. The molecular weight excluding hydrogens is 326 g/mol. The van der Waals surface area contributed by atoms with Crippen LogP contribution in [0.3, 0.4) is 0 Å². The van der Waals surface area contributed by atoms with Crippen molar-refractivity contribution in [1.82, 2.24) is 0 Å². The lowest BCUT2D eigenvalue weighted by Crippen LogP contribution is -2.09. The first kappa shape index (κ1) is 16.1. The fourth-order valence-electron chi connectivity index (χ4n) is 3.93. The lowest BCUT2D eigenvalue weighted by molar-refractivity contribution is 0.239. The van der Waals surface area contributed by atoms with Crippen molar-refractivity contribution in [2.75, 3.05) is 6.61 Å². The smallest absolute Gasteiger partial charge is 0.201 e. The Morgan fingerprint density at radius 2 is 1.92 bits per heavy atom. The predicted octanol–water partition coefficient (Wildman–Crippen LogP) is 6.00. The first-order valence-corrected chi connectivity index (χ1v) is 9.66. The Labute approximate surface area is 145 Å². The van der Waals surface area contributed by atoms with Gasteiger partial charge in [0.2, 0.25) is 5.82 Å². The van der Waals surface area contributed by atoms with E-state index in [2.05, 4.69) is 6.92 Å². The summed E-state index contributed by atoms with van der Waals surface area (Å²) in [7, 11) is 0. The molecule has 0 amide bonds. The van der Waals surface area contributed by atoms with Gasteiger partial charge in [0.05, 0.1) is 6.61 Å². The van der Waals surface area contributed by atoms with Crippen LogP contribution in [0.2, 0.25) is 0 Å². The lowest BCUT2D eigenvalue weighted by Gasteiger charge is -2.13. The zero-order chi connectivity index (χ0) is 16.7. The molecule has 2 aromatic rings. The molecule has 1 aromatic heterocycles. The number of hydrogen-bond acceptors (Lipinski definition) is 2. The highest BCUT2D eigenvalue weighted by atomic mass is 32.1. The van der Waals surface area contributed by atoms with Gasteiger partial charge in [-0.2, -0.15) is 4.39 Å². The molecule has 4 heteroatoms. The van der Waals surface area contributed by atoms with Crippen LogP contribution in [-0.4, -0.2) is 6.61 Å². The van der Waals surface area contributed by atoms with Gasteiger partial charge in [-0.25, -0.2) is 4.39 Å². The topological polar surface area (TPSA) is 9.23 Å². The minimum atomic E-state index is -0.854. The molecule has 2 aliphatic rings. The van der Waals surface area contributed by atoms with Crippen molar-refractivity contribution in [3.8, 4) is 16.2 Å². The van der Waals surface area contributed by atoms with E-state index in [1.165, 1.54) is 23.3 Å². The molecule has 1 heterocycles. The normalized spacial score (nSPS) is 20.5. The maximum Gasteiger partial charge on any atom is 0.201 e. The molecule has 1 fully saturated rings. The van der Waals surface area contributed by atoms with E-state index in [0.29, 0.717) is 24.0 Å². The Kier molecular flexibility index (Phi) is 4.33. The number of halogens is 2. The van der Waals surface area contributed by atoms with Gasteiger partial charge in [-0.05, 0) is 61.3 Å². The van der Waals surface area contributed by atoms with Crippen molar-refractivity contribution in [1.29, 1.82) is 0 Å². The summed E-state index contributed by atoms with van der Waals surface area (Å²) < 4.78 is 34.5. The zero-order valence-electron chi connectivity index (χ0n) is 13.9.